The van der Waals surface area contributed by atoms with E-state index >= 15 is 0 Å². The predicted octanol–water partition coefficient (Wildman–Crippen LogP) is 3.36. The van der Waals surface area contributed by atoms with E-state index in [2.05, 4.69) is 16.2 Å². The number of nitrogens with one attached hydrogen (secondary N) is 3. The number of para-hydroxylation sites is 1. The summed E-state index contributed by atoms with van der Waals surface area (Å²) in [5.74, 6) is -0.700. The molecule has 0 heterocycles. The highest BCUT2D eigenvalue weighted by molar-refractivity contribution is 7.80. The molecule has 0 saturated heterocycles. The van der Waals surface area contributed by atoms with Crippen LogP contribution in [0.15, 0.2) is 42.5 Å². The third-order valence-electron chi connectivity index (χ3n) is 2.91. The number of carbonyl (C=O) groups is 2. The summed E-state index contributed by atoms with van der Waals surface area (Å²) < 4.78 is 5.26. The second-order valence-electron chi connectivity index (χ2n) is 4.80. The standard InChI is InChI=1S/C16H12Cl3N3O3S/c17-9-5-6-10(12(19)7-9)15(24)20-16(26)22-21-14(23)8-25-13-4-2-1-3-11(13)18/h1-7H,8H2,(H,21,23)(H2,20,22,24,26). The second kappa shape index (κ2) is 9.59. The molecule has 10 heteroatoms. The van der Waals surface area contributed by atoms with Gasteiger partial charge < -0.3 is 4.74 Å². The molecule has 136 valence electrons. The molecule has 0 aliphatic carbocycles. The number of benzene rings is 2. The van der Waals surface area contributed by atoms with Crippen LogP contribution in [-0.4, -0.2) is 23.5 Å². The molecule has 3 N–H and O–H groups in total. The Balaban J connectivity index is 1.78. The van der Waals surface area contributed by atoms with Crippen LogP contribution in [-0.2, 0) is 4.79 Å². The van der Waals surface area contributed by atoms with Crippen molar-refractivity contribution in [3.05, 3.63) is 63.1 Å². The Hall–Kier alpha value is -2.06. The number of thiocarbonyl (C=S) groups is 1. The molecule has 2 amide bonds. The van der Waals surface area contributed by atoms with Crippen molar-refractivity contribution in [3.63, 3.8) is 0 Å². The number of ether oxygens (including phenoxy) is 1. The van der Waals surface area contributed by atoms with Gasteiger partial charge in [0.1, 0.15) is 5.75 Å². The molecule has 0 atom stereocenters. The lowest BCUT2D eigenvalue weighted by atomic mass is 10.2. The van der Waals surface area contributed by atoms with Crippen LogP contribution in [0.3, 0.4) is 0 Å². The third kappa shape index (κ3) is 6.03. The fraction of sp³-hybridized carbons (Fsp3) is 0.0625. The number of hydrogen-bond donors (Lipinski definition) is 3. The maximum Gasteiger partial charge on any atom is 0.276 e. The number of hydrazine groups is 1. The lowest BCUT2D eigenvalue weighted by Gasteiger charge is -2.12. The van der Waals surface area contributed by atoms with Crippen molar-refractivity contribution in [2.75, 3.05) is 6.61 Å². The van der Waals surface area contributed by atoms with Gasteiger partial charge in [-0.05, 0) is 42.5 Å². The van der Waals surface area contributed by atoms with Crippen LogP contribution in [0.4, 0.5) is 0 Å². The predicted molar refractivity (Wildman–Crippen MR) is 105 cm³/mol. The van der Waals surface area contributed by atoms with Crippen molar-refractivity contribution in [1.82, 2.24) is 16.2 Å². The first-order chi connectivity index (χ1) is 12.4. The summed E-state index contributed by atoms with van der Waals surface area (Å²) in [6.45, 7) is -0.295. The highest BCUT2D eigenvalue weighted by Gasteiger charge is 2.13. The van der Waals surface area contributed by atoms with Gasteiger partial charge in [0, 0.05) is 5.02 Å². The average Bonchev–Trinajstić information content (AvgIpc) is 2.59. The van der Waals surface area contributed by atoms with E-state index < -0.39 is 11.8 Å². The molecule has 0 aliphatic heterocycles. The van der Waals surface area contributed by atoms with E-state index in [4.69, 9.17) is 51.8 Å². The van der Waals surface area contributed by atoms with E-state index in [1.165, 1.54) is 18.2 Å². The number of amides is 2. The van der Waals surface area contributed by atoms with Crippen molar-refractivity contribution in [2.45, 2.75) is 0 Å². The summed E-state index contributed by atoms with van der Waals surface area (Å²) in [5.41, 5.74) is 4.86. The minimum Gasteiger partial charge on any atom is -0.482 e. The Morgan fingerprint density at radius 1 is 1.00 bits per heavy atom. The van der Waals surface area contributed by atoms with Crippen LogP contribution in [0.5, 0.6) is 5.75 Å². The van der Waals surface area contributed by atoms with Crippen LogP contribution in [0.1, 0.15) is 10.4 Å². The normalized spacial score (nSPS) is 9.96. The fourth-order valence-electron chi connectivity index (χ4n) is 1.74. The lowest BCUT2D eigenvalue weighted by molar-refractivity contribution is -0.123. The lowest BCUT2D eigenvalue weighted by Crippen LogP contribution is -2.49. The van der Waals surface area contributed by atoms with Crippen LogP contribution in [0.2, 0.25) is 15.1 Å². The maximum atomic E-state index is 12.1. The number of carbonyl (C=O) groups excluding carboxylic acids is 2. The zero-order chi connectivity index (χ0) is 19.1. The number of halogens is 3. The van der Waals surface area contributed by atoms with E-state index in [0.29, 0.717) is 15.8 Å². The monoisotopic (exact) mass is 431 g/mol. The van der Waals surface area contributed by atoms with Crippen LogP contribution >= 0.6 is 47.0 Å². The molecule has 0 aromatic heterocycles. The van der Waals surface area contributed by atoms with Crippen molar-refractivity contribution in [3.8, 4) is 5.75 Å². The molecule has 6 nitrogen and oxygen atoms in total. The summed E-state index contributed by atoms with van der Waals surface area (Å²) in [5, 5.41) is 3.22. The minimum atomic E-state index is -0.550. The summed E-state index contributed by atoms with van der Waals surface area (Å²) in [6, 6.07) is 11.1. The quantitative estimate of drug-likeness (QED) is 0.510. The van der Waals surface area contributed by atoms with E-state index in [1.54, 1.807) is 24.3 Å². The molecule has 26 heavy (non-hydrogen) atoms. The van der Waals surface area contributed by atoms with Gasteiger partial charge in [0.2, 0.25) is 0 Å². The first-order valence-electron chi connectivity index (χ1n) is 7.09. The molecule has 0 aliphatic rings. The van der Waals surface area contributed by atoms with E-state index in [1.807, 2.05) is 0 Å². The van der Waals surface area contributed by atoms with Gasteiger partial charge >= 0.3 is 0 Å². The van der Waals surface area contributed by atoms with Gasteiger partial charge in [0.15, 0.2) is 11.7 Å². The summed E-state index contributed by atoms with van der Waals surface area (Å²) in [7, 11) is 0. The maximum absolute atomic E-state index is 12.1. The summed E-state index contributed by atoms with van der Waals surface area (Å²) >= 11 is 22.6. The molecule has 0 fully saturated rings. The van der Waals surface area contributed by atoms with Gasteiger partial charge in [0.05, 0.1) is 15.6 Å². The van der Waals surface area contributed by atoms with E-state index in [-0.39, 0.29) is 22.3 Å². The minimum absolute atomic E-state index is 0.118. The van der Waals surface area contributed by atoms with Crippen molar-refractivity contribution in [2.24, 2.45) is 0 Å². The second-order valence-corrected chi connectivity index (χ2v) is 6.46. The van der Waals surface area contributed by atoms with Crippen molar-refractivity contribution >= 4 is 63.9 Å². The molecular formula is C16H12Cl3N3O3S. The Morgan fingerprint density at radius 3 is 2.42 bits per heavy atom. The van der Waals surface area contributed by atoms with Gasteiger partial charge in [0.25, 0.3) is 11.8 Å². The van der Waals surface area contributed by atoms with Gasteiger partial charge in [-0.15, -0.1) is 0 Å². The van der Waals surface area contributed by atoms with Crippen LogP contribution in [0, 0.1) is 0 Å². The van der Waals surface area contributed by atoms with Crippen LogP contribution in [0.25, 0.3) is 0 Å². The molecule has 0 spiro atoms. The SMILES string of the molecule is O=C(COc1ccccc1Cl)NNC(=S)NC(=O)c1ccc(Cl)cc1Cl. The smallest absolute Gasteiger partial charge is 0.276 e. The first kappa shape index (κ1) is 20.3. The fourth-order valence-corrected chi connectivity index (χ4v) is 2.57. The molecule has 2 rings (SSSR count). The Morgan fingerprint density at radius 2 is 1.73 bits per heavy atom. The van der Waals surface area contributed by atoms with Crippen molar-refractivity contribution < 1.29 is 14.3 Å². The highest BCUT2D eigenvalue weighted by Crippen LogP contribution is 2.23. The third-order valence-corrected chi connectivity index (χ3v) is 3.98. The topological polar surface area (TPSA) is 79.5 Å². The van der Waals surface area contributed by atoms with Gasteiger partial charge in [-0.1, -0.05) is 46.9 Å². The Bertz CT molecular complexity index is 848. The molecule has 2 aromatic carbocycles. The van der Waals surface area contributed by atoms with E-state index in [9.17, 15) is 9.59 Å². The molecule has 0 radical (unpaired) electrons. The zero-order valence-electron chi connectivity index (χ0n) is 13.0. The van der Waals surface area contributed by atoms with E-state index in [0.717, 1.165) is 0 Å². The van der Waals surface area contributed by atoms with Crippen molar-refractivity contribution in [1.29, 1.82) is 0 Å². The first-order valence-corrected chi connectivity index (χ1v) is 8.63. The number of hydrogen-bond acceptors (Lipinski definition) is 4. The average molecular weight is 433 g/mol. The molecule has 0 saturated carbocycles. The molecular weight excluding hydrogens is 421 g/mol. The summed E-state index contributed by atoms with van der Waals surface area (Å²) in [6.07, 6.45) is 0. The Kier molecular flexibility index (Phi) is 7.47. The van der Waals surface area contributed by atoms with Gasteiger partial charge in [-0.3, -0.25) is 25.8 Å². The largest absolute Gasteiger partial charge is 0.482 e. The summed E-state index contributed by atoms with van der Waals surface area (Å²) in [4.78, 5) is 23.8. The number of rotatable bonds is 4. The zero-order valence-corrected chi connectivity index (χ0v) is 16.1. The molecule has 2 aromatic rings. The van der Waals surface area contributed by atoms with Gasteiger partial charge in [-0.2, -0.15) is 0 Å². The molecule has 0 unspecified atom stereocenters. The Labute approximate surface area is 169 Å². The van der Waals surface area contributed by atoms with Gasteiger partial charge in [-0.25, -0.2) is 0 Å². The highest BCUT2D eigenvalue weighted by atomic mass is 35.5. The molecule has 0 bridgehead atoms. The van der Waals surface area contributed by atoms with Crippen LogP contribution < -0.4 is 20.9 Å².